The fourth-order valence-corrected chi connectivity index (χ4v) is 1.61. The molecule has 3 N–H and O–H groups in total. The Morgan fingerprint density at radius 2 is 1.95 bits per heavy atom. The molecule has 0 aliphatic rings. The van der Waals surface area contributed by atoms with Gasteiger partial charge in [0.25, 0.3) is 5.91 Å². The Bertz CT molecular complexity index is 543. The van der Waals surface area contributed by atoms with E-state index in [1.54, 1.807) is 0 Å². The average Bonchev–Trinajstić information content (AvgIpc) is 2.30. The number of hydrogen-bond donors (Lipinski definition) is 3. The Morgan fingerprint density at radius 1 is 1.35 bits per heavy atom. The molecule has 0 saturated heterocycles. The van der Waals surface area contributed by atoms with Crippen molar-refractivity contribution in [1.82, 2.24) is 5.32 Å². The molecule has 20 heavy (non-hydrogen) atoms. The van der Waals surface area contributed by atoms with Crippen LogP contribution in [0.5, 0.6) is 0 Å². The van der Waals surface area contributed by atoms with Gasteiger partial charge < -0.3 is 15.5 Å². The van der Waals surface area contributed by atoms with Crippen LogP contribution in [-0.4, -0.2) is 34.2 Å². The molecule has 7 heteroatoms. The molecular formula is C13H15F2NO4. The second-order valence-corrected chi connectivity index (χ2v) is 4.80. The molecule has 0 spiro atoms. The normalized spacial score (nSPS) is 13.7. The lowest BCUT2D eigenvalue weighted by atomic mass is 10.0. The first-order valence-electron chi connectivity index (χ1n) is 5.81. The van der Waals surface area contributed by atoms with E-state index in [1.807, 2.05) is 0 Å². The highest BCUT2D eigenvalue weighted by Crippen LogP contribution is 2.16. The Labute approximate surface area is 114 Å². The molecule has 0 aliphatic heterocycles. The van der Waals surface area contributed by atoms with E-state index in [0.29, 0.717) is 0 Å². The van der Waals surface area contributed by atoms with Crippen molar-refractivity contribution in [2.45, 2.75) is 25.9 Å². The van der Waals surface area contributed by atoms with Crippen LogP contribution in [0.4, 0.5) is 8.78 Å². The number of carbonyl (C=O) groups is 2. The maximum Gasteiger partial charge on any atom is 0.306 e. The van der Waals surface area contributed by atoms with Crippen LogP contribution in [0.25, 0.3) is 0 Å². The number of aliphatic carboxylic acids is 1. The summed E-state index contributed by atoms with van der Waals surface area (Å²) in [5, 5.41) is 20.4. The summed E-state index contributed by atoms with van der Waals surface area (Å²) >= 11 is 0. The van der Waals surface area contributed by atoms with Gasteiger partial charge in [-0.3, -0.25) is 9.59 Å². The minimum atomic E-state index is -1.71. The Hall–Kier alpha value is -2.02. The summed E-state index contributed by atoms with van der Waals surface area (Å²) in [6.45, 7) is 2.14. The molecular weight excluding hydrogens is 272 g/mol. The summed E-state index contributed by atoms with van der Waals surface area (Å²) in [6.07, 6.45) is -0.605. The average molecular weight is 287 g/mol. The molecule has 1 aromatic carbocycles. The van der Waals surface area contributed by atoms with Crippen LogP contribution < -0.4 is 5.32 Å². The van der Waals surface area contributed by atoms with Crippen LogP contribution in [0.3, 0.4) is 0 Å². The zero-order valence-electron chi connectivity index (χ0n) is 11.0. The third-order valence-corrected chi connectivity index (χ3v) is 2.67. The van der Waals surface area contributed by atoms with Crippen LogP contribution >= 0.6 is 0 Å². The molecule has 1 rings (SSSR count). The largest absolute Gasteiger partial charge is 0.481 e. The van der Waals surface area contributed by atoms with E-state index in [9.17, 15) is 23.5 Å². The fourth-order valence-electron chi connectivity index (χ4n) is 1.61. The van der Waals surface area contributed by atoms with Crippen LogP contribution in [0, 0.1) is 18.6 Å². The minimum Gasteiger partial charge on any atom is -0.481 e. The third-order valence-electron chi connectivity index (χ3n) is 2.67. The van der Waals surface area contributed by atoms with Crippen molar-refractivity contribution in [3.05, 3.63) is 34.9 Å². The molecule has 0 aliphatic carbocycles. The summed E-state index contributed by atoms with van der Waals surface area (Å²) < 4.78 is 27.1. The molecule has 5 nitrogen and oxygen atoms in total. The van der Waals surface area contributed by atoms with Crippen LogP contribution in [-0.2, 0) is 4.79 Å². The number of benzene rings is 1. The van der Waals surface area contributed by atoms with Gasteiger partial charge >= 0.3 is 5.97 Å². The number of aliphatic hydroxyl groups is 1. The van der Waals surface area contributed by atoms with Crippen LogP contribution in [0.2, 0.25) is 0 Å². The number of nitrogens with one attached hydrogen (secondary N) is 1. The highest BCUT2D eigenvalue weighted by molar-refractivity contribution is 5.95. The molecule has 0 heterocycles. The summed E-state index contributed by atoms with van der Waals surface area (Å²) in [6, 6.07) is 2.16. The predicted molar refractivity (Wildman–Crippen MR) is 66.3 cm³/mol. The van der Waals surface area contributed by atoms with E-state index in [0.717, 1.165) is 6.07 Å². The monoisotopic (exact) mass is 287 g/mol. The summed E-state index contributed by atoms with van der Waals surface area (Å²) in [5.41, 5.74) is -2.36. The Kier molecular flexibility index (Phi) is 4.78. The fraction of sp³-hybridized carbons (Fsp3) is 0.385. The van der Waals surface area contributed by atoms with E-state index >= 15 is 0 Å². The molecule has 0 aromatic heterocycles. The quantitative estimate of drug-likeness (QED) is 0.760. The second-order valence-electron chi connectivity index (χ2n) is 4.80. The van der Waals surface area contributed by atoms with E-state index in [1.165, 1.54) is 19.9 Å². The van der Waals surface area contributed by atoms with Crippen LogP contribution in [0.1, 0.15) is 29.3 Å². The SMILES string of the molecule is Cc1ccc(F)c(C(=O)NCC(C)(O)CC(=O)O)c1F. The van der Waals surface area contributed by atoms with Crippen molar-refractivity contribution in [3.63, 3.8) is 0 Å². The first-order valence-corrected chi connectivity index (χ1v) is 5.81. The third kappa shape index (κ3) is 3.99. The number of carboxylic acid groups (broad SMARTS) is 1. The molecule has 0 fully saturated rings. The molecule has 110 valence electrons. The number of carboxylic acids is 1. The van der Waals surface area contributed by atoms with E-state index in [4.69, 9.17) is 5.11 Å². The number of aryl methyl sites for hydroxylation is 1. The van der Waals surface area contributed by atoms with E-state index in [-0.39, 0.29) is 5.56 Å². The highest BCUT2D eigenvalue weighted by Gasteiger charge is 2.26. The zero-order chi connectivity index (χ0) is 15.5. The number of carbonyl (C=O) groups excluding carboxylic acids is 1. The lowest BCUT2D eigenvalue weighted by Gasteiger charge is -2.21. The van der Waals surface area contributed by atoms with Gasteiger partial charge in [0.2, 0.25) is 0 Å². The van der Waals surface area contributed by atoms with Gasteiger partial charge in [-0.1, -0.05) is 6.07 Å². The zero-order valence-corrected chi connectivity index (χ0v) is 11.0. The lowest BCUT2D eigenvalue weighted by molar-refractivity contribution is -0.141. The van der Waals surface area contributed by atoms with Gasteiger partial charge in [-0.25, -0.2) is 8.78 Å². The Balaban J connectivity index is 2.83. The van der Waals surface area contributed by atoms with Gasteiger partial charge in [0.15, 0.2) is 0 Å². The van der Waals surface area contributed by atoms with E-state index in [2.05, 4.69) is 5.32 Å². The van der Waals surface area contributed by atoms with Crippen molar-refractivity contribution in [2.24, 2.45) is 0 Å². The van der Waals surface area contributed by atoms with Gasteiger partial charge in [-0.2, -0.15) is 0 Å². The standard InChI is InChI=1S/C13H15F2NO4/c1-7-3-4-8(14)10(11(7)15)12(19)16-6-13(2,20)5-9(17)18/h3-4,20H,5-6H2,1-2H3,(H,16,19)(H,17,18). The topological polar surface area (TPSA) is 86.6 Å². The number of rotatable bonds is 5. The molecule has 1 unspecified atom stereocenters. The number of hydrogen-bond acceptors (Lipinski definition) is 3. The van der Waals surface area contributed by atoms with Gasteiger partial charge in [0.1, 0.15) is 17.2 Å². The molecule has 0 bridgehead atoms. The van der Waals surface area contributed by atoms with Crippen molar-refractivity contribution in [2.75, 3.05) is 6.54 Å². The first-order chi connectivity index (χ1) is 9.14. The predicted octanol–water partition coefficient (Wildman–Crippen LogP) is 1.23. The Morgan fingerprint density at radius 3 is 2.50 bits per heavy atom. The molecule has 1 aromatic rings. The molecule has 0 saturated carbocycles. The maximum atomic E-state index is 13.7. The van der Waals surface area contributed by atoms with Crippen molar-refractivity contribution in [3.8, 4) is 0 Å². The first kappa shape index (κ1) is 16.0. The maximum absolute atomic E-state index is 13.7. The molecule has 1 atom stereocenters. The summed E-state index contributed by atoms with van der Waals surface area (Å²) in [4.78, 5) is 22.2. The van der Waals surface area contributed by atoms with Crippen molar-refractivity contribution in [1.29, 1.82) is 0 Å². The van der Waals surface area contributed by atoms with Gasteiger partial charge in [0.05, 0.1) is 12.0 Å². The minimum absolute atomic E-state index is 0.105. The molecule has 0 radical (unpaired) electrons. The van der Waals surface area contributed by atoms with Crippen molar-refractivity contribution < 1.29 is 28.6 Å². The lowest BCUT2D eigenvalue weighted by Crippen LogP contribution is -2.42. The summed E-state index contributed by atoms with van der Waals surface area (Å²) in [7, 11) is 0. The van der Waals surface area contributed by atoms with Gasteiger partial charge in [-0.05, 0) is 25.5 Å². The number of halogens is 2. The van der Waals surface area contributed by atoms with Crippen LogP contribution in [0.15, 0.2) is 12.1 Å². The smallest absolute Gasteiger partial charge is 0.306 e. The summed E-state index contributed by atoms with van der Waals surface area (Å²) in [5.74, 6) is -4.31. The van der Waals surface area contributed by atoms with Gasteiger partial charge in [0, 0.05) is 6.54 Å². The van der Waals surface area contributed by atoms with Gasteiger partial charge in [-0.15, -0.1) is 0 Å². The van der Waals surface area contributed by atoms with E-state index < -0.39 is 47.6 Å². The second kappa shape index (κ2) is 5.96. The highest BCUT2D eigenvalue weighted by atomic mass is 19.1. The van der Waals surface area contributed by atoms with Crippen molar-refractivity contribution >= 4 is 11.9 Å². The molecule has 1 amide bonds. The number of amides is 1.